The van der Waals surface area contributed by atoms with E-state index in [0.29, 0.717) is 18.6 Å². The average Bonchev–Trinajstić information content (AvgIpc) is 3.09. The summed E-state index contributed by atoms with van der Waals surface area (Å²) in [6.07, 6.45) is 2.59. The Kier molecular flexibility index (Phi) is 4.00. The highest BCUT2D eigenvalue weighted by Gasteiger charge is 2.29. The zero-order chi connectivity index (χ0) is 13.1. The monoisotopic (exact) mass is 248 g/mol. The number of nitrogen functional groups attached to an aromatic ring is 1. The summed E-state index contributed by atoms with van der Waals surface area (Å²) < 4.78 is 5.58. The molecular formula is C15H24N2O. The van der Waals surface area contributed by atoms with Crippen molar-refractivity contribution in [2.24, 2.45) is 5.92 Å². The normalized spacial score (nSPS) is 14.9. The van der Waals surface area contributed by atoms with Crippen molar-refractivity contribution in [3.63, 3.8) is 0 Å². The number of hydrogen-bond donors (Lipinski definition) is 1. The number of rotatable bonds is 6. The van der Waals surface area contributed by atoms with Gasteiger partial charge in [0, 0.05) is 36.1 Å². The maximum absolute atomic E-state index is 5.97. The molecule has 0 amide bonds. The van der Waals surface area contributed by atoms with Gasteiger partial charge in [-0.2, -0.15) is 0 Å². The van der Waals surface area contributed by atoms with Crippen molar-refractivity contribution in [3.05, 3.63) is 18.2 Å². The van der Waals surface area contributed by atoms with Crippen LogP contribution in [0.2, 0.25) is 0 Å². The van der Waals surface area contributed by atoms with E-state index in [1.165, 1.54) is 18.5 Å². The number of ether oxygens (including phenoxy) is 1. The first-order valence-corrected chi connectivity index (χ1v) is 6.90. The van der Waals surface area contributed by atoms with Gasteiger partial charge in [0.15, 0.2) is 0 Å². The van der Waals surface area contributed by atoms with Crippen LogP contribution in [0.3, 0.4) is 0 Å². The smallest absolute Gasteiger partial charge is 0.123 e. The van der Waals surface area contributed by atoms with E-state index in [9.17, 15) is 0 Å². The Labute approximate surface area is 110 Å². The number of anilines is 2. The van der Waals surface area contributed by atoms with Gasteiger partial charge in [-0.05, 0) is 31.7 Å². The fraction of sp³-hybridized carbons (Fsp3) is 0.600. The molecule has 2 N–H and O–H groups in total. The molecule has 0 aliphatic heterocycles. The van der Waals surface area contributed by atoms with Crippen LogP contribution in [-0.4, -0.2) is 19.2 Å². The Morgan fingerprint density at radius 1 is 1.33 bits per heavy atom. The zero-order valence-corrected chi connectivity index (χ0v) is 11.6. The third-order valence-electron chi connectivity index (χ3n) is 3.11. The predicted octanol–water partition coefficient (Wildman–Crippen LogP) is 3.29. The van der Waals surface area contributed by atoms with Crippen LogP contribution in [0.25, 0.3) is 0 Å². The molecule has 3 heteroatoms. The summed E-state index contributed by atoms with van der Waals surface area (Å²) >= 11 is 0. The molecule has 0 unspecified atom stereocenters. The third kappa shape index (κ3) is 3.31. The number of nitrogens with two attached hydrogens (primary N) is 1. The van der Waals surface area contributed by atoms with Gasteiger partial charge >= 0.3 is 0 Å². The molecule has 1 fully saturated rings. The number of benzene rings is 1. The first kappa shape index (κ1) is 13.1. The second-order valence-corrected chi connectivity index (χ2v) is 5.47. The van der Waals surface area contributed by atoms with Crippen molar-refractivity contribution in [2.75, 3.05) is 23.8 Å². The van der Waals surface area contributed by atoms with Gasteiger partial charge in [0.05, 0.1) is 6.61 Å². The molecule has 3 nitrogen and oxygen atoms in total. The summed E-state index contributed by atoms with van der Waals surface area (Å²) in [6.45, 7) is 8.27. The van der Waals surface area contributed by atoms with Crippen LogP contribution in [-0.2, 0) is 0 Å². The molecule has 0 aromatic heterocycles. The molecular weight excluding hydrogens is 224 g/mol. The number of hydrogen-bond acceptors (Lipinski definition) is 3. The molecule has 1 aromatic carbocycles. The molecule has 0 radical (unpaired) electrons. The summed E-state index contributed by atoms with van der Waals surface area (Å²) in [6, 6.07) is 6.76. The molecule has 1 aromatic rings. The molecule has 1 aliphatic carbocycles. The molecule has 2 rings (SSSR count). The van der Waals surface area contributed by atoms with Crippen molar-refractivity contribution in [2.45, 2.75) is 39.7 Å². The Morgan fingerprint density at radius 3 is 2.61 bits per heavy atom. The lowest BCUT2D eigenvalue weighted by atomic mass is 10.1. The topological polar surface area (TPSA) is 38.5 Å². The van der Waals surface area contributed by atoms with Gasteiger partial charge < -0.3 is 15.4 Å². The molecule has 1 aliphatic rings. The van der Waals surface area contributed by atoms with E-state index >= 15 is 0 Å². The Bertz CT molecular complexity index is 399. The first-order chi connectivity index (χ1) is 8.60. The van der Waals surface area contributed by atoms with E-state index in [0.717, 1.165) is 18.0 Å². The van der Waals surface area contributed by atoms with Crippen molar-refractivity contribution < 1.29 is 4.74 Å². The fourth-order valence-corrected chi connectivity index (χ4v) is 2.27. The molecule has 0 bridgehead atoms. The lowest BCUT2D eigenvalue weighted by Crippen LogP contribution is -2.29. The maximum atomic E-state index is 5.97. The molecule has 100 valence electrons. The molecule has 0 atom stereocenters. The molecule has 18 heavy (non-hydrogen) atoms. The summed E-state index contributed by atoms with van der Waals surface area (Å²) in [7, 11) is 0. The minimum absolute atomic E-state index is 0.655. The van der Waals surface area contributed by atoms with E-state index in [1.54, 1.807) is 0 Å². The highest BCUT2D eigenvalue weighted by molar-refractivity contribution is 5.61. The molecule has 0 spiro atoms. The Morgan fingerprint density at radius 2 is 2.06 bits per heavy atom. The highest BCUT2D eigenvalue weighted by Crippen LogP contribution is 2.35. The Balaban J connectivity index is 2.22. The van der Waals surface area contributed by atoms with Gasteiger partial charge in [-0.3, -0.25) is 0 Å². The van der Waals surface area contributed by atoms with Gasteiger partial charge in [-0.1, -0.05) is 13.8 Å². The zero-order valence-electron chi connectivity index (χ0n) is 11.6. The maximum Gasteiger partial charge on any atom is 0.123 e. The van der Waals surface area contributed by atoms with Gasteiger partial charge in [0.25, 0.3) is 0 Å². The van der Waals surface area contributed by atoms with Crippen molar-refractivity contribution in [1.82, 2.24) is 0 Å². The highest BCUT2D eigenvalue weighted by atomic mass is 16.5. The van der Waals surface area contributed by atoms with Crippen LogP contribution in [0.5, 0.6) is 5.75 Å². The van der Waals surface area contributed by atoms with E-state index in [-0.39, 0.29) is 0 Å². The van der Waals surface area contributed by atoms with Crippen LogP contribution in [0.4, 0.5) is 11.4 Å². The van der Waals surface area contributed by atoms with Crippen LogP contribution < -0.4 is 15.4 Å². The van der Waals surface area contributed by atoms with Crippen LogP contribution in [0.1, 0.15) is 33.6 Å². The van der Waals surface area contributed by atoms with Crippen LogP contribution >= 0.6 is 0 Å². The van der Waals surface area contributed by atoms with Crippen LogP contribution in [0, 0.1) is 5.92 Å². The quantitative estimate of drug-likeness (QED) is 0.785. The summed E-state index contributed by atoms with van der Waals surface area (Å²) in [5, 5.41) is 0. The first-order valence-electron chi connectivity index (χ1n) is 6.90. The van der Waals surface area contributed by atoms with Crippen molar-refractivity contribution >= 4 is 11.4 Å². The second-order valence-electron chi connectivity index (χ2n) is 5.47. The van der Waals surface area contributed by atoms with Crippen LogP contribution in [0.15, 0.2) is 18.2 Å². The lowest BCUT2D eigenvalue weighted by molar-refractivity contribution is 0.340. The summed E-state index contributed by atoms with van der Waals surface area (Å²) in [5.74, 6) is 1.53. The van der Waals surface area contributed by atoms with Crippen molar-refractivity contribution in [3.8, 4) is 5.75 Å². The van der Waals surface area contributed by atoms with Gasteiger partial charge in [0.1, 0.15) is 5.75 Å². The predicted molar refractivity (Wildman–Crippen MR) is 77.2 cm³/mol. The molecule has 0 saturated heterocycles. The lowest BCUT2D eigenvalue weighted by Gasteiger charge is -2.27. The average molecular weight is 248 g/mol. The fourth-order valence-electron chi connectivity index (χ4n) is 2.27. The van der Waals surface area contributed by atoms with E-state index in [1.807, 2.05) is 13.0 Å². The molecule has 1 saturated carbocycles. The van der Waals surface area contributed by atoms with Gasteiger partial charge in [0.2, 0.25) is 0 Å². The van der Waals surface area contributed by atoms with E-state index in [2.05, 4.69) is 30.9 Å². The largest absolute Gasteiger partial charge is 0.494 e. The minimum Gasteiger partial charge on any atom is -0.494 e. The Hall–Kier alpha value is -1.38. The number of nitrogens with zero attached hydrogens (tertiary/aromatic N) is 1. The third-order valence-corrected chi connectivity index (χ3v) is 3.11. The summed E-state index contributed by atoms with van der Waals surface area (Å²) in [5.41, 5.74) is 7.96. The molecule has 0 heterocycles. The SMILES string of the molecule is CCOc1cc(N)cc(N(CC(C)C)C2CC2)c1. The van der Waals surface area contributed by atoms with Gasteiger partial charge in [-0.15, -0.1) is 0 Å². The van der Waals surface area contributed by atoms with E-state index < -0.39 is 0 Å². The van der Waals surface area contributed by atoms with Crippen molar-refractivity contribution in [1.29, 1.82) is 0 Å². The minimum atomic E-state index is 0.655. The van der Waals surface area contributed by atoms with Gasteiger partial charge in [-0.25, -0.2) is 0 Å². The van der Waals surface area contributed by atoms with E-state index in [4.69, 9.17) is 10.5 Å². The second kappa shape index (κ2) is 5.51. The summed E-state index contributed by atoms with van der Waals surface area (Å²) in [4.78, 5) is 2.48. The standard InChI is InChI=1S/C15H24N2O/c1-4-18-15-8-12(16)7-14(9-15)17(10-11(2)3)13-5-6-13/h7-9,11,13H,4-6,10,16H2,1-3H3.